The quantitative estimate of drug-likeness (QED) is 0.288. The molecule has 120 valence electrons. The van der Waals surface area contributed by atoms with Crippen molar-refractivity contribution in [2.45, 2.75) is 13.3 Å². The van der Waals surface area contributed by atoms with E-state index in [1.54, 1.807) is 25.1 Å². The first-order valence-corrected chi connectivity index (χ1v) is 6.94. The first kappa shape index (κ1) is 16.3. The van der Waals surface area contributed by atoms with Gasteiger partial charge < -0.3 is 15.6 Å². The average Bonchev–Trinajstić information content (AvgIpc) is 2.51. The van der Waals surface area contributed by atoms with E-state index in [0.29, 0.717) is 12.0 Å². The summed E-state index contributed by atoms with van der Waals surface area (Å²) in [6.45, 7) is 1.85. The number of hydrogen-bond donors (Lipinski definition) is 2. The highest BCUT2D eigenvalue weighted by molar-refractivity contribution is 5.94. The van der Waals surface area contributed by atoms with Gasteiger partial charge in [-0.2, -0.15) is 0 Å². The van der Waals surface area contributed by atoms with Crippen LogP contribution in [-0.4, -0.2) is 22.6 Å². The molecule has 0 saturated heterocycles. The van der Waals surface area contributed by atoms with Gasteiger partial charge in [0, 0.05) is 12.1 Å². The molecule has 2 aromatic rings. The number of hydrogen-bond acceptors (Lipinski definition) is 6. The molecular weight excluding hydrogens is 300 g/mol. The largest absolute Gasteiger partial charge is 0.505 e. The van der Waals surface area contributed by atoms with Crippen LogP contribution in [0.5, 0.6) is 5.75 Å². The summed E-state index contributed by atoms with van der Waals surface area (Å²) >= 11 is 0. The zero-order valence-corrected chi connectivity index (χ0v) is 12.5. The lowest BCUT2D eigenvalue weighted by Crippen LogP contribution is -2.07. The number of benzene rings is 2. The maximum atomic E-state index is 11.8. The van der Waals surface area contributed by atoms with E-state index in [1.807, 2.05) is 0 Å². The fourth-order valence-corrected chi connectivity index (χ4v) is 2.16. The van der Waals surface area contributed by atoms with Crippen molar-refractivity contribution in [2.75, 3.05) is 12.3 Å². The highest BCUT2D eigenvalue weighted by Crippen LogP contribution is 2.29. The number of nitrogens with two attached hydrogens (primary N) is 1. The molecular formula is C16H16N2O5. The molecule has 0 spiro atoms. The van der Waals surface area contributed by atoms with E-state index in [-0.39, 0.29) is 29.3 Å². The molecule has 7 heteroatoms. The zero-order chi connectivity index (χ0) is 17.0. The van der Waals surface area contributed by atoms with Gasteiger partial charge >= 0.3 is 5.97 Å². The van der Waals surface area contributed by atoms with E-state index in [9.17, 15) is 20.0 Å². The van der Waals surface area contributed by atoms with E-state index in [4.69, 9.17) is 10.5 Å². The predicted octanol–water partition coefficient (Wildman–Crippen LogP) is 2.65. The number of nitro groups is 1. The van der Waals surface area contributed by atoms with Gasteiger partial charge in [-0.15, -0.1) is 0 Å². The van der Waals surface area contributed by atoms with Crippen LogP contribution in [0.2, 0.25) is 0 Å². The van der Waals surface area contributed by atoms with Crippen LogP contribution in [0.25, 0.3) is 0 Å². The second kappa shape index (κ2) is 6.78. The Morgan fingerprint density at radius 2 is 1.91 bits per heavy atom. The van der Waals surface area contributed by atoms with Crippen LogP contribution in [0.4, 0.5) is 11.4 Å². The standard InChI is InChI=1S/C16H16N2O5/c1-2-23-16(20)13-8-11(9-14(17)15(13)19)7-10-3-5-12(6-4-10)18(21)22/h3-6,8-9,19H,2,7,17H2,1H3. The summed E-state index contributed by atoms with van der Waals surface area (Å²) in [5, 5.41) is 20.5. The van der Waals surface area contributed by atoms with E-state index >= 15 is 0 Å². The van der Waals surface area contributed by atoms with Crippen LogP contribution in [0.3, 0.4) is 0 Å². The Bertz CT molecular complexity index is 741. The molecule has 0 aliphatic carbocycles. The molecule has 0 aliphatic heterocycles. The molecule has 2 rings (SSSR count). The third kappa shape index (κ3) is 3.76. The average molecular weight is 316 g/mol. The third-order valence-corrected chi connectivity index (χ3v) is 3.25. The number of carbonyl (C=O) groups is 1. The zero-order valence-electron chi connectivity index (χ0n) is 12.5. The van der Waals surface area contributed by atoms with Gasteiger partial charge in [0.05, 0.1) is 17.2 Å². The number of nitrogen functional groups attached to an aromatic ring is 1. The van der Waals surface area contributed by atoms with Gasteiger partial charge in [-0.25, -0.2) is 4.79 Å². The molecule has 0 aliphatic rings. The highest BCUT2D eigenvalue weighted by atomic mass is 16.6. The lowest BCUT2D eigenvalue weighted by Gasteiger charge is -2.10. The Labute approximate surface area is 132 Å². The lowest BCUT2D eigenvalue weighted by atomic mass is 10.0. The second-order valence-corrected chi connectivity index (χ2v) is 4.90. The van der Waals surface area contributed by atoms with Gasteiger partial charge in [0.2, 0.25) is 0 Å². The van der Waals surface area contributed by atoms with Crippen molar-refractivity contribution in [3.05, 3.63) is 63.2 Å². The third-order valence-electron chi connectivity index (χ3n) is 3.25. The molecule has 7 nitrogen and oxygen atoms in total. The number of carbonyl (C=O) groups excluding carboxylic acids is 1. The molecule has 0 unspecified atom stereocenters. The monoisotopic (exact) mass is 316 g/mol. The SMILES string of the molecule is CCOC(=O)c1cc(Cc2ccc([N+](=O)[O-])cc2)cc(N)c1O. The number of phenols is 1. The van der Waals surface area contributed by atoms with Gasteiger partial charge in [0.25, 0.3) is 5.69 Å². The minimum absolute atomic E-state index is 0.00348. The summed E-state index contributed by atoms with van der Waals surface area (Å²) < 4.78 is 4.88. The fourth-order valence-electron chi connectivity index (χ4n) is 2.16. The summed E-state index contributed by atoms with van der Waals surface area (Å²) in [6, 6.07) is 9.14. The van der Waals surface area contributed by atoms with Crippen LogP contribution in [0.1, 0.15) is 28.4 Å². The molecule has 0 bridgehead atoms. The molecule has 0 amide bonds. The number of nitro benzene ring substituents is 1. The normalized spacial score (nSPS) is 10.3. The van der Waals surface area contributed by atoms with E-state index in [0.717, 1.165) is 5.56 Å². The van der Waals surface area contributed by atoms with Crippen LogP contribution < -0.4 is 5.73 Å². The van der Waals surface area contributed by atoms with Crippen molar-refractivity contribution in [3.8, 4) is 5.75 Å². The number of ether oxygens (including phenoxy) is 1. The Balaban J connectivity index is 2.29. The summed E-state index contributed by atoms with van der Waals surface area (Å²) in [4.78, 5) is 22.0. The summed E-state index contributed by atoms with van der Waals surface area (Å²) in [6.07, 6.45) is 0.412. The van der Waals surface area contributed by atoms with Crippen molar-refractivity contribution in [3.63, 3.8) is 0 Å². The number of nitrogens with zero attached hydrogens (tertiary/aromatic N) is 1. The molecule has 0 fully saturated rings. The number of rotatable bonds is 5. The van der Waals surface area contributed by atoms with Crippen molar-refractivity contribution in [1.29, 1.82) is 0 Å². The Morgan fingerprint density at radius 3 is 2.48 bits per heavy atom. The van der Waals surface area contributed by atoms with Crippen LogP contribution in [-0.2, 0) is 11.2 Å². The van der Waals surface area contributed by atoms with Crippen LogP contribution in [0.15, 0.2) is 36.4 Å². The summed E-state index contributed by atoms with van der Waals surface area (Å²) in [5.41, 5.74) is 7.32. The van der Waals surface area contributed by atoms with Crippen molar-refractivity contribution in [1.82, 2.24) is 0 Å². The van der Waals surface area contributed by atoms with E-state index in [2.05, 4.69) is 0 Å². The smallest absolute Gasteiger partial charge is 0.341 e. The first-order valence-electron chi connectivity index (χ1n) is 6.94. The van der Waals surface area contributed by atoms with Crippen molar-refractivity contribution in [2.24, 2.45) is 0 Å². The van der Waals surface area contributed by atoms with Crippen LogP contribution in [0, 0.1) is 10.1 Å². The molecule has 0 saturated carbocycles. The molecule has 0 radical (unpaired) electrons. The fraction of sp³-hybridized carbons (Fsp3) is 0.188. The molecule has 0 aromatic heterocycles. The number of non-ortho nitro benzene ring substituents is 1. The maximum Gasteiger partial charge on any atom is 0.341 e. The Kier molecular flexibility index (Phi) is 4.80. The number of esters is 1. The summed E-state index contributed by atoms with van der Waals surface area (Å²) in [5.74, 6) is -0.960. The number of aromatic hydroxyl groups is 1. The van der Waals surface area contributed by atoms with E-state index < -0.39 is 10.9 Å². The minimum atomic E-state index is -0.651. The minimum Gasteiger partial charge on any atom is -0.505 e. The Hall–Kier alpha value is -3.09. The van der Waals surface area contributed by atoms with Gasteiger partial charge in [0.1, 0.15) is 5.56 Å². The molecule has 23 heavy (non-hydrogen) atoms. The molecule has 3 N–H and O–H groups in total. The summed E-state index contributed by atoms with van der Waals surface area (Å²) in [7, 11) is 0. The molecule has 2 aromatic carbocycles. The predicted molar refractivity (Wildman–Crippen MR) is 84.4 cm³/mol. The van der Waals surface area contributed by atoms with Crippen LogP contribution >= 0.6 is 0 Å². The van der Waals surface area contributed by atoms with Crippen molar-refractivity contribution >= 4 is 17.3 Å². The Morgan fingerprint density at radius 1 is 1.26 bits per heavy atom. The van der Waals surface area contributed by atoms with Gasteiger partial charge in [-0.3, -0.25) is 10.1 Å². The van der Waals surface area contributed by atoms with Gasteiger partial charge in [0.15, 0.2) is 5.75 Å². The number of anilines is 1. The second-order valence-electron chi connectivity index (χ2n) is 4.90. The lowest BCUT2D eigenvalue weighted by molar-refractivity contribution is -0.384. The topological polar surface area (TPSA) is 116 Å². The van der Waals surface area contributed by atoms with E-state index in [1.165, 1.54) is 18.2 Å². The highest BCUT2D eigenvalue weighted by Gasteiger charge is 2.16. The first-order chi connectivity index (χ1) is 10.9. The van der Waals surface area contributed by atoms with Gasteiger partial charge in [-0.1, -0.05) is 12.1 Å². The number of phenolic OH excluding ortho intramolecular Hbond substituents is 1. The van der Waals surface area contributed by atoms with Gasteiger partial charge in [-0.05, 0) is 36.6 Å². The molecule has 0 heterocycles. The maximum absolute atomic E-state index is 11.8. The van der Waals surface area contributed by atoms with Crippen molar-refractivity contribution < 1.29 is 19.6 Å². The molecule has 0 atom stereocenters.